The molecule has 0 bridgehead atoms. The molecule has 1 aromatic heterocycles. The van der Waals surface area contributed by atoms with Crippen LogP contribution in [0.2, 0.25) is 0 Å². The summed E-state index contributed by atoms with van der Waals surface area (Å²) in [5.74, 6) is -1.27. The summed E-state index contributed by atoms with van der Waals surface area (Å²) >= 11 is 0. The smallest absolute Gasteiger partial charge is 0.240 e. The van der Waals surface area contributed by atoms with Gasteiger partial charge >= 0.3 is 0 Å². The number of methoxy groups -OCH3 is 1. The third kappa shape index (κ3) is 4.83. The van der Waals surface area contributed by atoms with Crippen molar-refractivity contribution in [3.63, 3.8) is 0 Å². The fourth-order valence-corrected chi connectivity index (χ4v) is 4.85. The van der Waals surface area contributed by atoms with Crippen molar-refractivity contribution in [3.8, 4) is 0 Å². The Labute approximate surface area is 169 Å². The molecule has 2 aromatic carbocycles. The van der Waals surface area contributed by atoms with Gasteiger partial charge in [-0.15, -0.1) is 0 Å². The number of para-hydroxylation sites is 1. The van der Waals surface area contributed by atoms with Crippen LogP contribution >= 0.6 is 0 Å². The molecular weight excluding hydrogens is 395 g/mol. The summed E-state index contributed by atoms with van der Waals surface area (Å²) in [6.07, 6.45) is 1.45. The van der Waals surface area contributed by atoms with Crippen molar-refractivity contribution in [2.24, 2.45) is 0 Å². The second kappa shape index (κ2) is 8.75. The molecule has 0 fully saturated rings. The minimum absolute atomic E-state index is 0.0379. The summed E-state index contributed by atoms with van der Waals surface area (Å²) in [6.45, 7) is 2.16. The summed E-state index contributed by atoms with van der Waals surface area (Å²) in [5.41, 5.74) is 0.726. The van der Waals surface area contributed by atoms with Crippen LogP contribution < -0.4 is 5.32 Å². The summed E-state index contributed by atoms with van der Waals surface area (Å²) in [6, 6.07) is 12.6. The SMILES string of the molecule is COCC(C)NC(=O)Cn1cc(S(=O)(=O)Cc2ccccc2F)c2ccccc21. The maximum absolute atomic E-state index is 14.0. The molecule has 0 spiro atoms. The Balaban J connectivity index is 1.93. The zero-order chi connectivity index (χ0) is 21.0. The highest BCUT2D eigenvalue weighted by atomic mass is 32.2. The van der Waals surface area contributed by atoms with Crippen LogP contribution in [0.4, 0.5) is 4.39 Å². The Morgan fingerprint density at radius 3 is 2.59 bits per heavy atom. The molecule has 0 aliphatic carbocycles. The third-order valence-corrected chi connectivity index (χ3v) is 6.21. The normalized spacial score (nSPS) is 12.8. The van der Waals surface area contributed by atoms with Crippen LogP contribution in [0.15, 0.2) is 59.6 Å². The molecule has 1 heterocycles. The van der Waals surface area contributed by atoms with Gasteiger partial charge in [-0.3, -0.25) is 4.79 Å². The lowest BCUT2D eigenvalue weighted by Gasteiger charge is -2.13. The van der Waals surface area contributed by atoms with Gasteiger partial charge in [-0.05, 0) is 19.1 Å². The van der Waals surface area contributed by atoms with Gasteiger partial charge in [-0.25, -0.2) is 12.8 Å². The zero-order valence-electron chi connectivity index (χ0n) is 16.3. The van der Waals surface area contributed by atoms with E-state index in [-0.39, 0.29) is 29.0 Å². The predicted molar refractivity (Wildman–Crippen MR) is 109 cm³/mol. The molecule has 1 N–H and O–H groups in total. The molecule has 3 aromatic rings. The number of hydrogen-bond donors (Lipinski definition) is 1. The number of amides is 1. The molecule has 29 heavy (non-hydrogen) atoms. The molecule has 0 aliphatic heterocycles. The molecule has 3 rings (SSSR count). The van der Waals surface area contributed by atoms with Crippen molar-refractivity contribution in [2.75, 3.05) is 13.7 Å². The standard InChI is InChI=1S/C21H23FN2O4S/c1-15(13-28-2)23-21(25)12-24-11-20(17-8-4-6-10-19(17)24)29(26,27)14-16-7-3-5-9-18(16)22/h3-11,15H,12-14H2,1-2H3,(H,23,25). The molecule has 154 valence electrons. The number of fused-ring (bicyclic) bond motifs is 1. The monoisotopic (exact) mass is 418 g/mol. The van der Waals surface area contributed by atoms with E-state index < -0.39 is 21.4 Å². The average Bonchev–Trinajstić information content (AvgIpc) is 3.03. The zero-order valence-corrected chi connectivity index (χ0v) is 17.1. The first-order valence-corrected chi connectivity index (χ1v) is 10.8. The molecule has 1 atom stereocenters. The largest absolute Gasteiger partial charge is 0.383 e. The van der Waals surface area contributed by atoms with E-state index in [1.807, 2.05) is 6.92 Å². The van der Waals surface area contributed by atoms with Gasteiger partial charge in [0.25, 0.3) is 0 Å². The van der Waals surface area contributed by atoms with Gasteiger partial charge in [0.1, 0.15) is 12.4 Å². The number of carbonyl (C=O) groups excluding carboxylic acids is 1. The van der Waals surface area contributed by atoms with Gasteiger partial charge in [0.05, 0.1) is 17.3 Å². The first-order chi connectivity index (χ1) is 13.8. The van der Waals surface area contributed by atoms with Gasteiger partial charge in [0.15, 0.2) is 9.84 Å². The fraction of sp³-hybridized carbons (Fsp3) is 0.286. The highest BCUT2D eigenvalue weighted by Crippen LogP contribution is 2.28. The van der Waals surface area contributed by atoms with E-state index in [0.717, 1.165) is 0 Å². The Morgan fingerprint density at radius 2 is 1.86 bits per heavy atom. The first kappa shape index (κ1) is 21.0. The summed E-state index contributed by atoms with van der Waals surface area (Å²) in [4.78, 5) is 12.4. The number of carbonyl (C=O) groups is 1. The Hall–Kier alpha value is -2.71. The van der Waals surface area contributed by atoms with Gasteiger partial charge in [-0.1, -0.05) is 36.4 Å². The molecule has 1 unspecified atom stereocenters. The molecule has 8 heteroatoms. The number of benzene rings is 2. The Bertz CT molecular complexity index is 1120. The van der Waals surface area contributed by atoms with Crippen molar-refractivity contribution in [2.45, 2.75) is 30.2 Å². The highest BCUT2D eigenvalue weighted by Gasteiger charge is 2.23. The molecule has 0 radical (unpaired) electrons. The lowest BCUT2D eigenvalue weighted by molar-refractivity contribution is -0.122. The molecule has 0 aliphatic rings. The van der Waals surface area contributed by atoms with Gasteiger partial charge in [0.2, 0.25) is 5.91 Å². The number of sulfone groups is 1. The van der Waals surface area contributed by atoms with Crippen LogP contribution in [0.5, 0.6) is 0 Å². The average molecular weight is 418 g/mol. The van der Waals surface area contributed by atoms with Gasteiger partial charge < -0.3 is 14.6 Å². The number of aromatic nitrogens is 1. The number of ether oxygens (including phenoxy) is 1. The lowest BCUT2D eigenvalue weighted by atomic mass is 10.2. The van der Waals surface area contributed by atoms with Crippen molar-refractivity contribution in [3.05, 3.63) is 66.1 Å². The van der Waals surface area contributed by atoms with Crippen molar-refractivity contribution in [1.29, 1.82) is 0 Å². The number of nitrogens with zero attached hydrogens (tertiary/aromatic N) is 1. The molecule has 6 nitrogen and oxygen atoms in total. The summed E-state index contributed by atoms with van der Waals surface area (Å²) in [7, 11) is -2.27. The quantitative estimate of drug-likeness (QED) is 0.610. The van der Waals surface area contributed by atoms with Crippen LogP contribution in [0, 0.1) is 5.82 Å². The first-order valence-electron chi connectivity index (χ1n) is 9.14. The number of rotatable bonds is 8. The van der Waals surface area contributed by atoms with E-state index in [1.165, 1.54) is 24.4 Å². The third-order valence-electron chi connectivity index (χ3n) is 4.53. The van der Waals surface area contributed by atoms with E-state index in [0.29, 0.717) is 17.5 Å². The molecule has 0 saturated carbocycles. The van der Waals surface area contributed by atoms with Crippen LogP contribution in [0.1, 0.15) is 12.5 Å². The van der Waals surface area contributed by atoms with Crippen LogP contribution in [-0.4, -0.2) is 38.7 Å². The van der Waals surface area contributed by atoms with E-state index in [2.05, 4.69) is 5.32 Å². The Morgan fingerprint density at radius 1 is 1.17 bits per heavy atom. The number of hydrogen-bond acceptors (Lipinski definition) is 4. The highest BCUT2D eigenvalue weighted by molar-refractivity contribution is 7.90. The molecule has 0 saturated heterocycles. The topological polar surface area (TPSA) is 77.4 Å². The van der Waals surface area contributed by atoms with Crippen molar-refractivity contribution in [1.82, 2.24) is 9.88 Å². The molecular formula is C21H23FN2O4S. The van der Waals surface area contributed by atoms with Crippen LogP contribution in [-0.2, 0) is 31.7 Å². The van der Waals surface area contributed by atoms with E-state index in [1.54, 1.807) is 42.0 Å². The summed E-state index contributed by atoms with van der Waals surface area (Å²) in [5, 5.41) is 3.31. The summed E-state index contributed by atoms with van der Waals surface area (Å²) < 4.78 is 46.6. The van der Waals surface area contributed by atoms with E-state index >= 15 is 0 Å². The van der Waals surface area contributed by atoms with Crippen LogP contribution in [0.25, 0.3) is 10.9 Å². The van der Waals surface area contributed by atoms with Crippen molar-refractivity contribution < 1.29 is 22.3 Å². The Kier molecular flexibility index (Phi) is 6.34. The van der Waals surface area contributed by atoms with Crippen LogP contribution in [0.3, 0.4) is 0 Å². The second-order valence-electron chi connectivity index (χ2n) is 6.91. The number of nitrogens with one attached hydrogen (secondary N) is 1. The predicted octanol–water partition coefficient (Wildman–Crippen LogP) is 2.91. The molecule has 1 amide bonds. The maximum Gasteiger partial charge on any atom is 0.240 e. The van der Waals surface area contributed by atoms with Gasteiger partial charge in [0, 0.05) is 35.8 Å². The van der Waals surface area contributed by atoms with E-state index in [9.17, 15) is 17.6 Å². The maximum atomic E-state index is 14.0. The second-order valence-corrected chi connectivity index (χ2v) is 8.87. The fourth-order valence-electron chi connectivity index (χ4n) is 3.26. The number of halogens is 1. The lowest BCUT2D eigenvalue weighted by Crippen LogP contribution is -2.37. The van der Waals surface area contributed by atoms with Gasteiger partial charge in [-0.2, -0.15) is 0 Å². The minimum atomic E-state index is -3.82. The minimum Gasteiger partial charge on any atom is -0.383 e. The van der Waals surface area contributed by atoms with E-state index in [4.69, 9.17) is 4.74 Å². The van der Waals surface area contributed by atoms with Crippen molar-refractivity contribution >= 4 is 26.6 Å².